The van der Waals surface area contributed by atoms with Crippen molar-refractivity contribution in [1.82, 2.24) is 10.3 Å². The lowest BCUT2D eigenvalue weighted by Gasteiger charge is -2.33. The van der Waals surface area contributed by atoms with Crippen LogP contribution in [-0.4, -0.2) is 30.7 Å². The highest BCUT2D eigenvalue weighted by molar-refractivity contribution is 7.21. The van der Waals surface area contributed by atoms with E-state index in [-0.39, 0.29) is 5.63 Å². The second kappa shape index (κ2) is 6.48. The molecule has 1 N–H and O–H groups in total. The molecule has 0 aliphatic carbocycles. The number of piperazine rings is 1. The van der Waals surface area contributed by atoms with Gasteiger partial charge in [-0.05, 0) is 42.6 Å². The maximum atomic E-state index is 12.7. The molecule has 5 nitrogen and oxygen atoms in total. The van der Waals surface area contributed by atoms with E-state index < -0.39 is 0 Å². The average molecular weight is 377 g/mol. The number of anilines is 1. The molecule has 1 saturated heterocycles. The summed E-state index contributed by atoms with van der Waals surface area (Å²) in [7, 11) is 0. The first-order valence-electron chi connectivity index (χ1n) is 9.09. The first-order valence-corrected chi connectivity index (χ1v) is 9.91. The van der Waals surface area contributed by atoms with Crippen molar-refractivity contribution in [2.24, 2.45) is 0 Å². The van der Waals surface area contributed by atoms with Gasteiger partial charge in [0.2, 0.25) is 0 Å². The zero-order valence-electron chi connectivity index (χ0n) is 14.9. The highest BCUT2D eigenvalue weighted by Crippen LogP contribution is 2.31. The molecule has 0 spiro atoms. The van der Waals surface area contributed by atoms with Crippen LogP contribution in [0.4, 0.5) is 5.69 Å². The Morgan fingerprint density at radius 3 is 2.96 bits per heavy atom. The Bertz CT molecular complexity index is 1160. The van der Waals surface area contributed by atoms with Crippen LogP contribution in [0.1, 0.15) is 6.92 Å². The maximum absolute atomic E-state index is 12.7. The minimum Gasteiger partial charge on any atom is -0.420 e. The van der Waals surface area contributed by atoms with E-state index in [4.69, 9.17) is 4.42 Å². The lowest BCUT2D eigenvalue weighted by atomic mass is 10.1. The molecule has 5 rings (SSSR count). The fourth-order valence-electron chi connectivity index (χ4n) is 3.62. The van der Waals surface area contributed by atoms with Gasteiger partial charge in [0.15, 0.2) is 10.8 Å². The molecule has 0 bridgehead atoms. The Morgan fingerprint density at radius 2 is 2.11 bits per heavy atom. The number of fused-ring (bicyclic) bond motifs is 2. The zero-order valence-corrected chi connectivity index (χ0v) is 15.8. The minimum absolute atomic E-state index is 0.313. The van der Waals surface area contributed by atoms with Gasteiger partial charge >= 0.3 is 5.63 Å². The highest BCUT2D eigenvalue weighted by atomic mass is 32.1. The Hall–Kier alpha value is -2.70. The molecule has 1 aliphatic heterocycles. The third-order valence-electron chi connectivity index (χ3n) is 4.98. The molecule has 1 fully saturated rings. The van der Waals surface area contributed by atoms with Crippen LogP contribution in [0.3, 0.4) is 0 Å². The van der Waals surface area contributed by atoms with Gasteiger partial charge < -0.3 is 14.6 Å². The van der Waals surface area contributed by atoms with Crippen LogP contribution in [0, 0.1) is 0 Å². The first kappa shape index (κ1) is 16.5. The molecule has 136 valence electrons. The predicted molar refractivity (Wildman–Crippen MR) is 111 cm³/mol. The number of hydrogen-bond acceptors (Lipinski definition) is 6. The van der Waals surface area contributed by atoms with E-state index in [1.165, 1.54) is 11.3 Å². The lowest BCUT2D eigenvalue weighted by molar-refractivity contribution is 0.485. The van der Waals surface area contributed by atoms with Crippen molar-refractivity contribution in [3.8, 4) is 10.8 Å². The zero-order chi connectivity index (χ0) is 18.4. The molecule has 1 aliphatic rings. The first-order chi connectivity index (χ1) is 13.2. The summed E-state index contributed by atoms with van der Waals surface area (Å²) in [6, 6.07) is 16.3. The average Bonchev–Trinajstić information content (AvgIpc) is 3.12. The Balaban J connectivity index is 1.57. The molecule has 0 radical (unpaired) electrons. The summed E-state index contributed by atoms with van der Waals surface area (Å²) in [6.45, 7) is 4.99. The number of nitrogens with zero attached hydrogens (tertiary/aromatic N) is 2. The molecular weight excluding hydrogens is 358 g/mol. The normalized spacial score (nSPS) is 17.7. The van der Waals surface area contributed by atoms with Crippen molar-refractivity contribution >= 4 is 38.0 Å². The summed E-state index contributed by atoms with van der Waals surface area (Å²) in [5.41, 5.74) is 1.67. The molecular formula is C21H19N3O2S. The van der Waals surface area contributed by atoms with Crippen molar-refractivity contribution in [3.63, 3.8) is 0 Å². The van der Waals surface area contributed by atoms with Crippen LogP contribution in [-0.2, 0) is 0 Å². The van der Waals surface area contributed by atoms with Gasteiger partial charge in [0, 0.05) is 31.4 Å². The second-order valence-electron chi connectivity index (χ2n) is 6.96. The molecule has 2 aromatic heterocycles. The summed E-state index contributed by atoms with van der Waals surface area (Å²) >= 11 is 1.53. The van der Waals surface area contributed by atoms with Gasteiger partial charge in [0.1, 0.15) is 0 Å². The summed E-state index contributed by atoms with van der Waals surface area (Å²) in [4.78, 5) is 19.6. The van der Waals surface area contributed by atoms with Crippen LogP contribution < -0.4 is 15.8 Å². The van der Waals surface area contributed by atoms with Crippen LogP contribution in [0.2, 0.25) is 0 Å². The van der Waals surface area contributed by atoms with E-state index >= 15 is 0 Å². The molecule has 0 saturated carbocycles. The summed E-state index contributed by atoms with van der Waals surface area (Å²) in [5.74, 6) is 0.525. The molecule has 3 heterocycles. The van der Waals surface area contributed by atoms with Gasteiger partial charge in [-0.1, -0.05) is 18.2 Å². The van der Waals surface area contributed by atoms with E-state index in [9.17, 15) is 4.79 Å². The van der Waals surface area contributed by atoms with Crippen molar-refractivity contribution in [3.05, 3.63) is 59.0 Å². The lowest BCUT2D eigenvalue weighted by Crippen LogP contribution is -2.49. The van der Waals surface area contributed by atoms with Gasteiger partial charge in [-0.25, -0.2) is 9.78 Å². The van der Waals surface area contributed by atoms with Crippen molar-refractivity contribution in [2.45, 2.75) is 13.0 Å². The number of benzene rings is 2. The standard InChI is InChI=1S/C21H19N3O2S/c1-13-12-24(9-8-22-13)15-7-6-14-10-18(26-21(25)16(14)11-15)20-23-17-4-2-3-5-19(17)27-20/h2-7,10-11,13,22H,8-9,12H2,1H3/t13-/m0/s1. The number of aromatic nitrogens is 1. The number of nitrogens with one attached hydrogen (secondary N) is 1. The van der Waals surface area contributed by atoms with Crippen LogP contribution in [0.5, 0.6) is 0 Å². The quantitative estimate of drug-likeness (QED) is 0.575. The third kappa shape index (κ3) is 3.01. The van der Waals surface area contributed by atoms with Gasteiger partial charge in [-0.15, -0.1) is 11.3 Å². The second-order valence-corrected chi connectivity index (χ2v) is 7.99. The van der Waals surface area contributed by atoms with Gasteiger partial charge in [-0.3, -0.25) is 0 Å². The molecule has 27 heavy (non-hydrogen) atoms. The smallest absolute Gasteiger partial charge is 0.344 e. The Labute approximate surface area is 160 Å². The number of rotatable bonds is 2. The summed E-state index contributed by atoms with van der Waals surface area (Å²) in [6.07, 6.45) is 0. The molecule has 6 heteroatoms. The van der Waals surface area contributed by atoms with Crippen molar-refractivity contribution in [1.29, 1.82) is 0 Å². The third-order valence-corrected chi connectivity index (χ3v) is 6.04. The minimum atomic E-state index is -0.313. The highest BCUT2D eigenvalue weighted by Gasteiger charge is 2.17. The van der Waals surface area contributed by atoms with E-state index in [1.807, 2.05) is 42.5 Å². The molecule has 0 unspecified atom stereocenters. The van der Waals surface area contributed by atoms with Crippen LogP contribution >= 0.6 is 11.3 Å². The summed E-state index contributed by atoms with van der Waals surface area (Å²) in [5, 5.41) is 5.67. The topological polar surface area (TPSA) is 58.4 Å². The van der Waals surface area contributed by atoms with E-state index in [1.54, 1.807) is 0 Å². The number of para-hydroxylation sites is 1. The molecule has 0 amide bonds. The van der Waals surface area contributed by atoms with E-state index in [2.05, 4.69) is 28.2 Å². The molecule has 4 aromatic rings. The monoisotopic (exact) mass is 377 g/mol. The van der Waals surface area contributed by atoms with Crippen molar-refractivity contribution in [2.75, 3.05) is 24.5 Å². The SMILES string of the molecule is C[C@H]1CN(c2ccc3cc(-c4nc5ccccc5s4)oc(=O)c3c2)CCN1. The Kier molecular flexibility index (Phi) is 3.95. The van der Waals surface area contributed by atoms with E-state index in [0.717, 1.165) is 45.9 Å². The van der Waals surface area contributed by atoms with Crippen LogP contribution in [0.15, 0.2) is 57.7 Å². The summed E-state index contributed by atoms with van der Waals surface area (Å²) < 4.78 is 6.71. The van der Waals surface area contributed by atoms with Gasteiger partial charge in [0.05, 0.1) is 15.6 Å². The van der Waals surface area contributed by atoms with Gasteiger partial charge in [0.25, 0.3) is 0 Å². The fourth-order valence-corrected chi connectivity index (χ4v) is 4.54. The number of hydrogen-bond donors (Lipinski definition) is 1. The Morgan fingerprint density at radius 1 is 1.22 bits per heavy atom. The molecule has 2 aromatic carbocycles. The van der Waals surface area contributed by atoms with Crippen LogP contribution in [0.25, 0.3) is 31.8 Å². The fraction of sp³-hybridized carbons (Fsp3) is 0.238. The largest absolute Gasteiger partial charge is 0.420 e. The maximum Gasteiger partial charge on any atom is 0.344 e. The van der Waals surface area contributed by atoms with Crippen molar-refractivity contribution < 1.29 is 4.42 Å². The molecule has 1 atom stereocenters. The predicted octanol–water partition coefficient (Wildman–Crippen LogP) is 3.87. The van der Waals surface area contributed by atoms with Gasteiger partial charge in [-0.2, -0.15) is 0 Å². The van der Waals surface area contributed by atoms with E-state index in [0.29, 0.717) is 17.2 Å². The number of thiazole rings is 1.